The molecule has 2 N–H and O–H groups in total. The van der Waals surface area contributed by atoms with Crippen LogP contribution in [0.5, 0.6) is 5.75 Å². The summed E-state index contributed by atoms with van der Waals surface area (Å²) in [6, 6.07) is 23.8. The van der Waals surface area contributed by atoms with E-state index >= 15 is 0 Å². The van der Waals surface area contributed by atoms with E-state index in [0.717, 1.165) is 11.1 Å². The van der Waals surface area contributed by atoms with Crippen molar-refractivity contribution < 1.29 is 14.3 Å². The molecular weight excluding hydrogens is 400 g/mol. The largest absolute Gasteiger partial charge is 0.480 e. The molecule has 2 amide bonds. The number of amides is 2. The van der Waals surface area contributed by atoms with Crippen LogP contribution in [0.25, 0.3) is 0 Å². The zero-order valence-corrected chi connectivity index (χ0v) is 17.4. The van der Waals surface area contributed by atoms with Gasteiger partial charge in [0.2, 0.25) is 0 Å². The first kappa shape index (κ1) is 21.4. The van der Waals surface area contributed by atoms with Gasteiger partial charge in [0.05, 0.1) is 5.56 Å². The summed E-state index contributed by atoms with van der Waals surface area (Å²) in [6.45, 7) is 2.34. The second-order valence-electron chi connectivity index (χ2n) is 6.73. The van der Waals surface area contributed by atoms with E-state index in [2.05, 4.69) is 10.6 Å². The molecular formula is C24H23ClN2O3. The molecule has 0 aliphatic rings. The number of hydrogen-bond donors (Lipinski definition) is 2. The molecule has 0 bridgehead atoms. The Hall–Kier alpha value is -3.31. The maximum absolute atomic E-state index is 12.6. The van der Waals surface area contributed by atoms with E-state index < -0.39 is 6.10 Å². The fourth-order valence-corrected chi connectivity index (χ4v) is 3.04. The average Bonchev–Trinajstić information content (AvgIpc) is 2.77. The van der Waals surface area contributed by atoms with Crippen LogP contribution in [0.3, 0.4) is 0 Å². The van der Waals surface area contributed by atoms with E-state index in [-0.39, 0.29) is 11.8 Å². The van der Waals surface area contributed by atoms with Crippen LogP contribution < -0.4 is 15.4 Å². The van der Waals surface area contributed by atoms with Gasteiger partial charge in [-0.15, -0.1) is 0 Å². The first-order valence-corrected chi connectivity index (χ1v) is 10.0. The van der Waals surface area contributed by atoms with E-state index in [0.29, 0.717) is 29.4 Å². The molecule has 3 aromatic rings. The number of carbonyl (C=O) groups is 2. The van der Waals surface area contributed by atoms with Crippen molar-refractivity contribution in [2.45, 2.75) is 26.1 Å². The molecule has 0 aromatic heterocycles. The average molecular weight is 423 g/mol. The SMILES string of the molecule is C[C@H](Oc1ccccc1C(=O)NCc1ccccc1)C(=O)NCc1ccccc1Cl. The highest BCUT2D eigenvalue weighted by Gasteiger charge is 2.19. The van der Waals surface area contributed by atoms with Crippen LogP contribution in [0.1, 0.15) is 28.4 Å². The third-order valence-corrected chi connectivity index (χ3v) is 4.88. The lowest BCUT2D eigenvalue weighted by Gasteiger charge is -2.17. The molecule has 3 rings (SSSR count). The highest BCUT2D eigenvalue weighted by Crippen LogP contribution is 2.20. The van der Waals surface area contributed by atoms with E-state index in [4.69, 9.17) is 16.3 Å². The van der Waals surface area contributed by atoms with Gasteiger partial charge >= 0.3 is 0 Å². The topological polar surface area (TPSA) is 67.4 Å². The highest BCUT2D eigenvalue weighted by molar-refractivity contribution is 6.31. The molecule has 0 spiro atoms. The molecule has 3 aromatic carbocycles. The number of ether oxygens (including phenoxy) is 1. The minimum absolute atomic E-state index is 0.266. The number of halogens is 1. The Morgan fingerprint density at radius 1 is 0.867 bits per heavy atom. The first-order valence-electron chi connectivity index (χ1n) is 9.63. The predicted molar refractivity (Wildman–Crippen MR) is 117 cm³/mol. The molecule has 0 radical (unpaired) electrons. The van der Waals surface area contributed by atoms with Crippen LogP contribution in [0, 0.1) is 0 Å². The van der Waals surface area contributed by atoms with Gasteiger partial charge in [0, 0.05) is 18.1 Å². The Bertz CT molecular complexity index is 1010. The van der Waals surface area contributed by atoms with E-state index in [1.54, 1.807) is 37.3 Å². The summed E-state index contributed by atoms with van der Waals surface area (Å²) in [5.74, 6) is -0.212. The van der Waals surface area contributed by atoms with E-state index in [1.807, 2.05) is 48.5 Å². The summed E-state index contributed by atoms with van der Waals surface area (Å²) >= 11 is 6.12. The Kier molecular flexibility index (Phi) is 7.46. The van der Waals surface area contributed by atoms with Gasteiger partial charge in [-0.1, -0.05) is 72.3 Å². The third kappa shape index (κ3) is 5.84. The number of benzene rings is 3. The Balaban J connectivity index is 1.59. The van der Waals surface area contributed by atoms with Crippen molar-refractivity contribution in [2.24, 2.45) is 0 Å². The zero-order chi connectivity index (χ0) is 21.3. The Morgan fingerprint density at radius 2 is 1.53 bits per heavy atom. The normalized spacial score (nSPS) is 11.4. The molecule has 0 unspecified atom stereocenters. The zero-order valence-electron chi connectivity index (χ0n) is 16.6. The minimum Gasteiger partial charge on any atom is -0.480 e. The van der Waals surface area contributed by atoms with Crippen LogP contribution in [-0.4, -0.2) is 17.9 Å². The lowest BCUT2D eigenvalue weighted by molar-refractivity contribution is -0.127. The summed E-state index contributed by atoms with van der Waals surface area (Å²) < 4.78 is 5.79. The van der Waals surface area contributed by atoms with E-state index in [1.165, 1.54) is 0 Å². The third-order valence-electron chi connectivity index (χ3n) is 4.51. The first-order chi connectivity index (χ1) is 14.5. The molecule has 1 atom stereocenters. The van der Waals surface area contributed by atoms with Gasteiger partial charge in [-0.3, -0.25) is 9.59 Å². The number of hydrogen-bond acceptors (Lipinski definition) is 3. The van der Waals surface area contributed by atoms with Crippen LogP contribution >= 0.6 is 11.6 Å². The molecule has 0 aliphatic heterocycles. The highest BCUT2D eigenvalue weighted by atomic mass is 35.5. The van der Waals surface area contributed by atoms with Crippen molar-refractivity contribution in [2.75, 3.05) is 0 Å². The van der Waals surface area contributed by atoms with Crippen LogP contribution in [0.15, 0.2) is 78.9 Å². The molecule has 0 aliphatic carbocycles. The summed E-state index contributed by atoms with van der Waals surface area (Å²) in [5.41, 5.74) is 2.19. The second kappa shape index (κ2) is 10.5. The maximum Gasteiger partial charge on any atom is 0.261 e. The molecule has 0 saturated heterocycles. The van der Waals surface area contributed by atoms with Crippen molar-refractivity contribution in [3.8, 4) is 5.75 Å². The van der Waals surface area contributed by atoms with Crippen molar-refractivity contribution >= 4 is 23.4 Å². The molecule has 0 heterocycles. The molecule has 0 saturated carbocycles. The van der Waals surface area contributed by atoms with Crippen molar-refractivity contribution in [3.63, 3.8) is 0 Å². The number of nitrogens with one attached hydrogen (secondary N) is 2. The summed E-state index contributed by atoms with van der Waals surface area (Å²) in [5, 5.41) is 6.27. The van der Waals surface area contributed by atoms with Crippen LogP contribution in [0.2, 0.25) is 5.02 Å². The standard InChI is InChI=1S/C24H23ClN2O3/c1-17(23(28)27-16-19-11-5-7-13-21(19)25)30-22-14-8-6-12-20(22)24(29)26-15-18-9-3-2-4-10-18/h2-14,17H,15-16H2,1H3,(H,26,29)(H,27,28)/t17-/m0/s1. The molecule has 30 heavy (non-hydrogen) atoms. The van der Waals surface area contributed by atoms with Gasteiger partial charge in [0.15, 0.2) is 6.10 Å². The lowest BCUT2D eigenvalue weighted by atomic mass is 10.1. The van der Waals surface area contributed by atoms with Crippen molar-refractivity contribution in [1.29, 1.82) is 0 Å². The Labute approximate surface area is 181 Å². The van der Waals surface area contributed by atoms with Gasteiger partial charge in [0.25, 0.3) is 11.8 Å². The summed E-state index contributed by atoms with van der Waals surface area (Å²) in [7, 11) is 0. The smallest absolute Gasteiger partial charge is 0.261 e. The van der Waals surface area contributed by atoms with E-state index in [9.17, 15) is 9.59 Å². The molecule has 0 fully saturated rings. The molecule has 154 valence electrons. The van der Waals surface area contributed by atoms with Gasteiger partial charge in [-0.25, -0.2) is 0 Å². The number of para-hydroxylation sites is 1. The summed E-state index contributed by atoms with van der Waals surface area (Å²) in [6.07, 6.45) is -0.782. The van der Waals surface area contributed by atoms with Crippen molar-refractivity contribution in [3.05, 3.63) is 101 Å². The van der Waals surface area contributed by atoms with Gasteiger partial charge in [-0.05, 0) is 36.2 Å². The second-order valence-corrected chi connectivity index (χ2v) is 7.14. The fourth-order valence-electron chi connectivity index (χ4n) is 2.84. The monoisotopic (exact) mass is 422 g/mol. The predicted octanol–water partition coefficient (Wildman–Crippen LogP) is 4.35. The van der Waals surface area contributed by atoms with Crippen LogP contribution in [-0.2, 0) is 17.9 Å². The Morgan fingerprint density at radius 3 is 2.30 bits per heavy atom. The molecule has 6 heteroatoms. The quantitative estimate of drug-likeness (QED) is 0.567. The molecule has 5 nitrogen and oxygen atoms in total. The fraction of sp³-hybridized carbons (Fsp3) is 0.167. The van der Waals surface area contributed by atoms with Gasteiger partial charge < -0.3 is 15.4 Å². The maximum atomic E-state index is 12.6. The lowest BCUT2D eigenvalue weighted by Crippen LogP contribution is -2.36. The van der Waals surface area contributed by atoms with Crippen molar-refractivity contribution in [1.82, 2.24) is 10.6 Å². The van der Waals surface area contributed by atoms with Crippen LogP contribution in [0.4, 0.5) is 0 Å². The number of rotatable bonds is 8. The number of carbonyl (C=O) groups excluding carboxylic acids is 2. The van der Waals surface area contributed by atoms with Gasteiger partial charge in [0.1, 0.15) is 5.75 Å². The minimum atomic E-state index is -0.782. The van der Waals surface area contributed by atoms with Gasteiger partial charge in [-0.2, -0.15) is 0 Å². The summed E-state index contributed by atoms with van der Waals surface area (Å²) in [4.78, 5) is 25.1.